The average molecular weight is 152 g/mol. The fraction of sp³-hybridized carbons (Fsp3) is 0.667. The highest BCUT2D eigenvalue weighted by Gasteiger charge is 1.88. The molecule has 0 spiro atoms. The standard InChI is InChI=1S/C6H9Cl2/c1-2-3-4-6(8)5-7/h2-4H2,1H3. The quantitative estimate of drug-likeness (QED) is 0.581. The lowest BCUT2D eigenvalue weighted by atomic mass is 10.2. The van der Waals surface area contributed by atoms with Crippen LogP contribution in [0, 0.1) is 5.54 Å². The molecule has 0 fully saturated rings. The fourth-order valence-electron chi connectivity index (χ4n) is 0.379. The number of halogens is 2. The van der Waals surface area contributed by atoms with Gasteiger partial charge in [-0.3, -0.25) is 0 Å². The van der Waals surface area contributed by atoms with Crippen molar-refractivity contribution in [2.24, 2.45) is 0 Å². The molecular formula is C6H9Cl2. The molecule has 0 bridgehead atoms. The Morgan fingerprint density at radius 1 is 1.62 bits per heavy atom. The third-order valence-electron chi connectivity index (χ3n) is 0.852. The number of hydrogen-bond acceptors (Lipinski definition) is 0. The van der Waals surface area contributed by atoms with Crippen molar-refractivity contribution in [1.82, 2.24) is 0 Å². The summed E-state index contributed by atoms with van der Waals surface area (Å²) in [5.41, 5.74) is 2.35. The van der Waals surface area contributed by atoms with Gasteiger partial charge in [-0.2, -0.15) is 0 Å². The van der Waals surface area contributed by atoms with Crippen LogP contribution in [-0.4, -0.2) is 0 Å². The monoisotopic (exact) mass is 151 g/mol. The van der Waals surface area contributed by atoms with E-state index in [0.717, 1.165) is 19.3 Å². The van der Waals surface area contributed by atoms with Gasteiger partial charge < -0.3 is 0 Å². The van der Waals surface area contributed by atoms with Crippen molar-refractivity contribution in [2.45, 2.75) is 26.2 Å². The van der Waals surface area contributed by atoms with Crippen molar-refractivity contribution in [3.05, 3.63) is 10.6 Å². The highest BCUT2D eigenvalue weighted by atomic mass is 35.5. The van der Waals surface area contributed by atoms with E-state index in [1.54, 1.807) is 0 Å². The molecule has 0 unspecified atom stereocenters. The van der Waals surface area contributed by atoms with Gasteiger partial charge in [-0.1, -0.05) is 36.5 Å². The minimum Gasteiger partial charge on any atom is -0.0875 e. The van der Waals surface area contributed by atoms with Gasteiger partial charge in [0.2, 0.25) is 0 Å². The first-order chi connectivity index (χ1) is 3.81. The molecule has 0 saturated heterocycles. The minimum absolute atomic E-state index is 0.633. The maximum absolute atomic E-state index is 5.52. The normalized spacial score (nSPS) is 12.1. The molecule has 0 heterocycles. The molecule has 0 nitrogen and oxygen atoms in total. The average Bonchev–Trinajstić information content (AvgIpc) is 1.83. The Hall–Kier alpha value is 0.320. The molecule has 1 radical (unpaired) electrons. The van der Waals surface area contributed by atoms with Gasteiger partial charge in [0.25, 0.3) is 0 Å². The van der Waals surface area contributed by atoms with Crippen LogP contribution in [0.1, 0.15) is 26.2 Å². The summed E-state index contributed by atoms with van der Waals surface area (Å²) >= 11 is 10.7. The van der Waals surface area contributed by atoms with Crippen molar-refractivity contribution in [3.63, 3.8) is 0 Å². The summed E-state index contributed by atoms with van der Waals surface area (Å²) in [6, 6.07) is 0. The third kappa shape index (κ3) is 4.48. The number of unbranched alkanes of at least 4 members (excludes halogenated alkanes) is 1. The highest BCUT2D eigenvalue weighted by molar-refractivity contribution is 6.34. The first kappa shape index (κ1) is 8.32. The van der Waals surface area contributed by atoms with Crippen LogP contribution in [0.3, 0.4) is 0 Å². The van der Waals surface area contributed by atoms with Gasteiger partial charge >= 0.3 is 0 Å². The molecule has 0 aliphatic heterocycles. The lowest BCUT2D eigenvalue weighted by Crippen LogP contribution is -1.70. The van der Waals surface area contributed by atoms with E-state index in [1.165, 1.54) is 0 Å². The molecule has 0 aromatic rings. The van der Waals surface area contributed by atoms with Crippen LogP contribution in [0.5, 0.6) is 0 Å². The zero-order valence-corrected chi connectivity index (χ0v) is 6.39. The zero-order valence-electron chi connectivity index (χ0n) is 4.88. The highest BCUT2D eigenvalue weighted by Crippen LogP contribution is 2.11. The smallest absolute Gasteiger partial charge is 0.0749 e. The molecule has 0 aromatic heterocycles. The Kier molecular flexibility index (Phi) is 5.67. The second-order valence-corrected chi connectivity index (χ2v) is 2.25. The summed E-state index contributed by atoms with van der Waals surface area (Å²) in [5, 5.41) is 0.633. The maximum Gasteiger partial charge on any atom is 0.0749 e. The van der Waals surface area contributed by atoms with Crippen LogP contribution in [0.15, 0.2) is 5.03 Å². The van der Waals surface area contributed by atoms with E-state index < -0.39 is 0 Å². The van der Waals surface area contributed by atoms with Crippen molar-refractivity contribution in [2.75, 3.05) is 0 Å². The molecule has 0 rings (SSSR count). The largest absolute Gasteiger partial charge is 0.0875 e. The summed E-state index contributed by atoms with van der Waals surface area (Å²) in [5.74, 6) is 0. The van der Waals surface area contributed by atoms with Crippen LogP contribution < -0.4 is 0 Å². The molecule has 0 atom stereocenters. The lowest BCUT2D eigenvalue weighted by molar-refractivity contribution is 0.807. The topological polar surface area (TPSA) is 0 Å². The summed E-state index contributed by atoms with van der Waals surface area (Å²) in [7, 11) is 0. The molecule has 0 N–H and O–H groups in total. The second kappa shape index (κ2) is 5.46. The van der Waals surface area contributed by atoms with Gasteiger partial charge in [0.05, 0.1) is 5.54 Å². The van der Waals surface area contributed by atoms with E-state index in [4.69, 9.17) is 23.2 Å². The number of rotatable bonds is 3. The molecule has 8 heavy (non-hydrogen) atoms. The van der Waals surface area contributed by atoms with E-state index in [1.807, 2.05) is 0 Å². The van der Waals surface area contributed by atoms with Crippen molar-refractivity contribution in [1.29, 1.82) is 0 Å². The Bertz CT molecular complexity index is 76.6. The van der Waals surface area contributed by atoms with Crippen LogP contribution in [0.4, 0.5) is 0 Å². The van der Waals surface area contributed by atoms with Gasteiger partial charge in [-0.15, -0.1) is 0 Å². The Balaban J connectivity index is 3.12. The van der Waals surface area contributed by atoms with Crippen molar-refractivity contribution < 1.29 is 0 Å². The van der Waals surface area contributed by atoms with Crippen LogP contribution in [0.25, 0.3) is 0 Å². The predicted octanol–water partition coefficient (Wildman–Crippen LogP) is 3.30. The molecule has 0 aliphatic rings. The summed E-state index contributed by atoms with van der Waals surface area (Å²) < 4.78 is 0. The fourth-order valence-corrected chi connectivity index (χ4v) is 0.607. The van der Waals surface area contributed by atoms with E-state index in [9.17, 15) is 0 Å². The first-order valence-electron chi connectivity index (χ1n) is 2.69. The van der Waals surface area contributed by atoms with Gasteiger partial charge in [0.1, 0.15) is 0 Å². The van der Waals surface area contributed by atoms with Gasteiger partial charge in [-0.25, -0.2) is 0 Å². The summed E-state index contributed by atoms with van der Waals surface area (Å²) in [6.45, 7) is 2.11. The van der Waals surface area contributed by atoms with Crippen LogP contribution in [0.2, 0.25) is 0 Å². The summed E-state index contributed by atoms with van der Waals surface area (Å²) in [4.78, 5) is 0. The number of allylic oxidation sites excluding steroid dienone is 1. The molecule has 0 amide bonds. The molecular weight excluding hydrogens is 143 g/mol. The Morgan fingerprint density at radius 3 is 2.62 bits per heavy atom. The zero-order chi connectivity index (χ0) is 6.41. The van der Waals surface area contributed by atoms with Gasteiger partial charge in [-0.05, 0) is 12.8 Å². The van der Waals surface area contributed by atoms with Gasteiger partial charge in [0, 0.05) is 5.03 Å². The molecule has 0 aliphatic carbocycles. The van der Waals surface area contributed by atoms with E-state index in [-0.39, 0.29) is 0 Å². The van der Waals surface area contributed by atoms with Crippen molar-refractivity contribution in [3.8, 4) is 0 Å². The minimum atomic E-state index is 0.633. The molecule has 0 aromatic carbocycles. The summed E-state index contributed by atoms with van der Waals surface area (Å²) in [6.07, 6.45) is 3.11. The third-order valence-corrected chi connectivity index (χ3v) is 1.46. The second-order valence-electron chi connectivity index (χ2n) is 1.60. The van der Waals surface area contributed by atoms with Crippen LogP contribution >= 0.6 is 23.2 Å². The lowest BCUT2D eigenvalue weighted by Gasteiger charge is -1.90. The van der Waals surface area contributed by atoms with E-state index >= 15 is 0 Å². The van der Waals surface area contributed by atoms with Crippen molar-refractivity contribution >= 4 is 23.2 Å². The Labute approximate surface area is 60.5 Å². The predicted molar refractivity (Wildman–Crippen MR) is 38.0 cm³/mol. The Morgan fingerprint density at radius 2 is 2.25 bits per heavy atom. The SMILES string of the molecule is CCCC/C(Cl)=[C]\Cl. The van der Waals surface area contributed by atoms with Crippen LogP contribution in [-0.2, 0) is 0 Å². The molecule has 0 saturated carbocycles. The van der Waals surface area contributed by atoms with E-state index in [2.05, 4.69) is 12.5 Å². The number of hydrogen-bond donors (Lipinski definition) is 0. The maximum atomic E-state index is 5.52. The van der Waals surface area contributed by atoms with Gasteiger partial charge in [0.15, 0.2) is 0 Å². The molecule has 47 valence electrons. The van der Waals surface area contributed by atoms with E-state index in [0.29, 0.717) is 5.03 Å². The first-order valence-corrected chi connectivity index (χ1v) is 3.44. The molecule has 2 heteroatoms.